The molecule has 162 valence electrons. The molecule has 0 radical (unpaired) electrons. The van der Waals surface area contributed by atoms with Gasteiger partial charge in [0, 0.05) is 30.6 Å². The predicted octanol–water partition coefficient (Wildman–Crippen LogP) is 2.32. The van der Waals surface area contributed by atoms with Gasteiger partial charge >= 0.3 is 6.03 Å². The van der Waals surface area contributed by atoms with Gasteiger partial charge in [0.05, 0.1) is 5.69 Å². The van der Waals surface area contributed by atoms with Gasteiger partial charge in [-0.1, -0.05) is 29.8 Å². The molecule has 3 N–H and O–H groups in total. The number of nitrogens with one attached hydrogen (secondary N) is 2. The highest BCUT2D eigenvalue weighted by Gasteiger charge is 2.43. The molecular formula is C21H21ClN4O5. The molecule has 1 saturated heterocycles. The van der Waals surface area contributed by atoms with Gasteiger partial charge in [0.25, 0.3) is 11.8 Å². The maximum absolute atomic E-state index is 12.8. The van der Waals surface area contributed by atoms with Crippen molar-refractivity contribution in [3.8, 4) is 0 Å². The first kappa shape index (κ1) is 22.3. The molecule has 3 rings (SSSR count). The Labute approximate surface area is 183 Å². The van der Waals surface area contributed by atoms with Gasteiger partial charge in [-0.15, -0.1) is 0 Å². The molecule has 1 aliphatic heterocycles. The predicted molar refractivity (Wildman–Crippen MR) is 113 cm³/mol. The Kier molecular flexibility index (Phi) is 6.88. The Bertz CT molecular complexity index is 1010. The molecule has 9 nitrogen and oxygen atoms in total. The van der Waals surface area contributed by atoms with Crippen molar-refractivity contribution in [1.82, 2.24) is 15.7 Å². The van der Waals surface area contributed by atoms with Gasteiger partial charge in [-0.05, 0) is 42.3 Å². The van der Waals surface area contributed by atoms with E-state index >= 15 is 0 Å². The van der Waals surface area contributed by atoms with Crippen LogP contribution in [0.2, 0.25) is 5.02 Å². The Balaban J connectivity index is 1.59. The van der Waals surface area contributed by atoms with Gasteiger partial charge in [0.1, 0.15) is 6.04 Å². The van der Waals surface area contributed by atoms with Crippen LogP contribution in [0.4, 0.5) is 10.5 Å². The van der Waals surface area contributed by atoms with Crippen molar-refractivity contribution in [2.24, 2.45) is 0 Å². The van der Waals surface area contributed by atoms with Crippen molar-refractivity contribution in [3.63, 3.8) is 0 Å². The van der Waals surface area contributed by atoms with Gasteiger partial charge in [-0.2, -0.15) is 0 Å². The molecule has 2 aromatic carbocycles. The van der Waals surface area contributed by atoms with E-state index in [0.29, 0.717) is 16.3 Å². The lowest BCUT2D eigenvalue weighted by molar-refractivity contribution is -0.122. The van der Waals surface area contributed by atoms with Crippen LogP contribution in [-0.2, 0) is 16.1 Å². The molecule has 2 aromatic rings. The summed E-state index contributed by atoms with van der Waals surface area (Å²) in [5.74, 6) is -1.42. The molecule has 10 heteroatoms. The molecule has 0 aromatic heterocycles. The maximum Gasteiger partial charge on any atom is 0.331 e. The minimum absolute atomic E-state index is 0.0108. The Morgan fingerprint density at radius 2 is 1.77 bits per heavy atom. The highest BCUT2D eigenvalue weighted by molar-refractivity contribution is 6.30. The smallest absolute Gasteiger partial charge is 0.331 e. The van der Waals surface area contributed by atoms with E-state index in [-0.39, 0.29) is 30.9 Å². The highest BCUT2D eigenvalue weighted by atomic mass is 35.5. The number of benzene rings is 2. The van der Waals surface area contributed by atoms with E-state index in [1.54, 1.807) is 47.9 Å². The fourth-order valence-corrected chi connectivity index (χ4v) is 3.48. The first-order valence-electron chi connectivity index (χ1n) is 9.49. The van der Waals surface area contributed by atoms with E-state index in [4.69, 9.17) is 16.8 Å². The van der Waals surface area contributed by atoms with Crippen LogP contribution in [0.1, 0.15) is 28.8 Å². The quantitative estimate of drug-likeness (QED) is 0.344. The molecule has 1 fully saturated rings. The van der Waals surface area contributed by atoms with Crippen molar-refractivity contribution < 1.29 is 24.4 Å². The van der Waals surface area contributed by atoms with Crippen LogP contribution in [0.15, 0.2) is 48.5 Å². The summed E-state index contributed by atoms with van der Waals surface area (Å²) in [5.41, 5.74) is 2.75. The summed E-state index contributed by atoms with van der Waals surface area (Å²) in [6.45, 7) is 0.0761. The molecule has 0 aliphatic carbocycles. The van der Waals surface area contributed by atoms with E-state index in [1.807, 2.05) is 0 Å². The third kappa shape index (κ3) is 4.84. The zero-order valence-corrected chi connectivity index (χ0v) is 17.4. The lowest BCUT2D eigenvalue weighted by atomic mass is 10.1. The molecule has 31 heavy (non-hydrogen) atoms. The summed E-state index contributed by atoms with van der Waals surface area (Å²) < 4.78 is 0. The standard InChI is InChI=1S/C21H21ClN4O5/c1-25-17(20(29)26(21(25)30)15-8-6-14(22)7-9-15)10-11-18(27)23-12-13-4-2-3-5-16(13)19(28)24-31/h2-9,17,31H,10-12H2,1H3,(H,23,27)(H,24,28). The Morgan fingerprint density at radius 3 is 2.45 bits per heavy atom. The molecule has 1 atom stereocenters. The van der Waals surface area contributed by atoms with Gasteiger partial charge in [-0.25, -0.2) is 15.2 Å². The summed E-state index contributed by atoms with van der Waals surface area (Å²) in [4.78, 5) is 51.7. The molecule has 0 saturated carbocycles. The lowest BCUT2D eigenvalue weighted by Gasteiger charge is -2.15. The van der Waals surface area contributed by atoms with Crippen LogP contribution >= 0.6 is 11.6 Å². The number of nitrogens with zero attached hydrogens (tertiary/aromatic N) is 2. The fourth-order valence-electron chi connectivity index (χ4n) is 3.35. The van der Waals surface area contributed by atoms with Crippen LogP contribution in [0, 0.1) is 0 Å². The molecule has 1 heterocycles. The summed E-state index contributed by atoms with van der Waals surface area (Å²) >= 11 is 5.86. The summed E-state index contributed by atoms with van der Waals surface area (Å²) in [5, 5.41) is 12.0. The molecular weight excluding hydrogens is 424 g/mol. The van der Waals surface area contributed by atoms with Gasteiger partial charge in [-0.3, -0.25) is 19.6 Å². The largest absolute Gasteiger partial charge is 0.352 e. The zero-order valence-electron chi connectivity index (χ0n) is 16.7. The van der Waals surface area contributed by atoms with Gasteiger partial charge < -0.3 is 10.2 Å². The molecule has 1 unspecified atom stereocenters. The average molecular weight is 445 g/mol. The average Bonchev–Trinajstić information content (AvgIpc) is 2.99. The van der Waals surface area contributed by atoms with Crippen molar-refractivity contribution >= 4 is 41.0 Å². The number of hydrogen-bond acceptors (Lipinski definition) is 5. The number of halogens is 1. The first-order valence-corrected chi connectivity index (χ1v) is 9.86. The number of urea groups is 1. The number of carbonyl (C=O) groups is 4. The van der Waals surface area contributed by atoms with Crippen molar-refractivity contribution in [2.75, 3.05) is 11.9 Å². The van der Waals surface area contributed by atoms with Crippen molar-refractivity contribution in [3.05, 3.63) is 64.7 Å². The first-order chi connectivity index (χ1) is 14.8. The monoisotopic (exact) mass is 444 g/mol. The number of carbonyl (C=O) groups excluding carboxylic acids is 4. The minimum atomic E-state index is -0.763. The van der Waals surface area contributed by atoms with E-state index in [0.717, 1.165) is 4.90 Å². The normalized spacial score (nSPS) is 15.9. The molecule has 0 bridgehead atoms. The van der Waals surface area contributed by atoms with E-state index in [2.05, 4.69) is 5.32 Å². The number of anilines is 1. The third-order valence-electron chi connectivity index (χ3n) is 5.04. The molecule has 1 aliphatic rings. The number of hydrogen-bond donors (Lipinski definition) is 3. The third-order valence-corrected chi connectivity index (χ3v) is 5.29. The Morgan fingerprint density at radius 1 is 1.10 bits per heavy atom. The number of amides is 5. The van der Waals surface area contributed by atoms with E-state index in [9.17, 15) is 19.2 Å². The number of hydroxylamine groups is 1. The van der Waals surface area contributed by atoms with Crippen LogP contribution in [0.25, 0.3) is 0 Å². The lowest BCUT2D eigenvalue weighted by Crippen LogP contribution is -2.33. The minimum Gasteiger partial charge on any atom is -0.352 e. The van der Waals surface area contributed by atoms with Crippen molar-refractivity contribution in [2.45, 2.75) is 25.4 Å². The number of rotatable bonds is 7. The molecule has 5 amide bonds. The van der Waals surface area contributed by atoms with Gasteiger partial charge in [0.15, 0.2) is 0 Å². The van der Waals surface area contributed by atoms with Crippen LogP contribution in [-0.4, -0.2) is 46.9 Å². The summed E-state index contributed by atoms with van der Waals surface area (Å²) in [6.07, 6.45) is 0.159. The van der Waals surface area contributed by atoms with Crippen LogP contribution in [0.5, 0.6) is 0 Å². The van der Waals surface area contributed by atoms with E-state index < -0.39 is 23.9 Å². The second-order valence-electron chi connectivity index (χ2n) is 6.97. The zero-order chi connectivity index (χ0) is 22.5. The second-order valence-corrected chi connectivity index (χ2v) is 7.41. The molecule has 0 spiro atoms. The fraction of sp³-hybridized carbons (Fsp3) is 0.238. The van der Waals surface area contributed by atoms with E-state index in [1.165, 1.54) is 18.0 Å². The highest BCUT2D eigenvalue weighted by Crippen LogP contribution is 2.27. The summed E-state index contributed by atoms with van der Waals surface area (Å²) in [7, 11) is 1.52. The van der Waals surface area contributed by atoms with Crippen molar-refractivity contribution in [1.29, 1.82) is 0 Å². The number of imide groups is 1. The maximum atomic E-state index is 12.8. The SMILES string of the molecule is CN1C(=O)N(c2ccc(Cl)cc2)C(=O)C1CCC(=O)NCc1ccccc1C(=O)NO. The van der Waals surface area contributed by atoms with Crippen LogP contribution in [0.3, 0.4) is 0 Å². The second kappa shape index (κ2) is 9.59. The Hall–Kier alpha value is -3.43. The summed E-state index contributed by atoms with van der Waals surface area (Å²) in [6, 6.07) is 11.6. The topological polar surface area (TPSA) is 119 Å². The number of likely N-dealkylation sites (N-methyl/N-ethyl adjacent to an activating group) is 1. The van der Waals surface area contributed by atoms with Gasteiger partial charge in [0.2, 0.25) is 5.91 Å². The van der Waals surface area contributed by atoms with Crippen LogP contribution < -0.4 is 15.7 Å².